The molecule has 1 aliphatic heterocycles. The number of hydrogen-bond donors (Lipinski definition) is 2. The molecule has 2 heterocycles. The van der Waals surface area contributed by atoms with Crippen LogP contribution >= 0.6 is 24.8 Å². The van der Waals surface area contributed by atoms with Crippen LogP contribution in [0.1, 0.15) is 33.6 Å². The zero-order valence-corrected chi connectivity index (χ0v) is 15.0. The standard InChI is InChI=1S/C15H24N4O.2ClH/c1-15(2,3)13(16)14(20)18-11-6-7-12(17-10-11)19-8-4-5-9-19;;/h6-7,10,13H,4-5,8-9,16H2,1-3H3,(H,18,20);2*1H/t13-;;/m1../s1. The Morgan fingerprint density at radius 1 is 1.27 bits per heavy atom. The van der Waals surface area contributed by atoms with Crippen molar-refractivity contribution in [1.29, 1.82) is 0 Å². The van der Waals surface area contributed by atoms with Gasteiger partial charge in [0.2, 0.25) is 5.91 Å². The minimum absolute atomic E-state index is 0. The fourth-order valence-electron chi connectivity index (χ4n) is 2.21. The van der Waals surface area contributed by atoms with Gasteiger partial charge >= 0.3 is 0 Å². The average Bonchev–Trinajstić information content (AvgIpc) is 2.91. The van der Waals surface area contributed by atoms with E-state index < -0.39 is 6.04 Å². The maximum Gasteiger partial charge on any atom is 0.241 e. The third-order valence-electron chi connectivity index (χ3n) is 3.66. The van der Waals surface area contributed by atoms with Crippen LogP contribution < -0.4 is 16.0 Å². The average molecular weight is 349 g/mol. The monoisotopic (exact) mass is 348 g/mol. The number of aromatic nitrogens is 1. The zero-order chi connectivity index (χ0) is 14.8. The smallest absolute Gasteiger partial charge is 0.241 e. The molecular formula is C15H26Cl2N4O. The van der Waals surface area contributed by atoms with Crippen molar-refractivity contribution < 1.29 is 4.79 Å². The van der Waals surface area contributed by atoms with Crippen LogP contribution in [0.2, 0.25) is 0 Å². The van der Waals surface area contributed by atoms with Gasteiger partial charge in [0.05, 0.1) is 17.9 Å². The molecule has 1 aromatic heterocycles. The summed E-state index contributed by atoms with van der Waals surface area (Å²) >= 11 is 0. The first-order valence-electron chi connectivity index (χ1n) is 7.15. The van der Waals surface area contributed by atoms with Gasteiger partial charge in [-0.25, -0.2) is 4.98 Å². The van der Waals surface area contributed by atoms with E-state index in [1.165, 1.54) is 12.8 Å². The van der Waals surface area contributed by atoms with Crippen LogP contribution in [0.25, 0.3) is 0 Å². The fourth-order valence-corrected chi connectivity index (χ4v) is 2.21. The summed E-state index contributed by atoms with van der Waals surface area (Å²) in [7, 11) is 0. The summed E-state index contributed by atoms with van der Waals surface area (Å²) in [5.74, 6) is 0.800. The molecule has 1 atom stereocenters. The molecule has 1 aliphatic rings. The third-order valence-corrected chi connectivity index (χ3v) is 3.66. The highest BCUT2D eigenvalue weighted by atomic mass is 35.5. The zero-order valence-electron chi connectivity index (χ0n) is 13.3. The Morgan fingerprint density at radius 3 is 2.32 bits per heavy atom. The lowest BCUT2D eigenvalue weighted by Gasteiger charge is -2.25. The third kappa shape index (κ3) is 5.30. The van der Waals surface area contributed by atoms with E-state index in [1.54, 1.807) is 6.20 Å². The number of hydrogen-bond acceptors (Lipinski definition) is 4. The van der Waals surface area contributed by atoms with Crippen LogP contribution in [-0.2, 0) is 4.79 Å². The van der Waals surface area contributed by atoms with Gasteiger partial charge in [0, 0.05) is 13.1 Å². The van der Waals surface area contributed by atoms with E-state index in [9.17, 15) is 4.79 Å². The molecule has 1 amide bonds. The number of carbonyl (C=O) groups is 1. The maximum absolute atomic E-state index is 12.0. The number of anilines is 2. The van der Waals surface area contributed by atoms with Crippen molar-refractivity contribution >= 4 is 42.2 Å². The summed E-state index contributed by atoms with van der Waals surface area (Å²) < 4.78 is 0. The second-order valence-electron chi connectivity index (χ2n) is 6.43. The molecule has 22 heavy (non-hydrogen) atoms. The molecular weight excluding hydrogens is 323 g/mol. The molecule has 1 saturated heterocycles. The first-order chi connectivity index (χ1) is 9.38. The fraction of sp³-hybridized carbons (Fsp3) is 0.600. The minimum atomic E-state index is -0.541. The Hall–Kier alpha value is -1.04. The van der Waals surface area contributed by atoms with Gasteiger partial charge in [-0.1, -0.05) is 20.8 Å². The van der Waals surface area contributed by atoms with Gasteiger partial charge in [0.15, 0.2) is 0 Å². The summed E-state index contributed by atoms with van der Waals surface area (Å²) in [4.78, 5) is 18.7. The predicted octanol–water partition coefficient (Wildman–Crippen LogP) is 2.84. The Morgan fingerprint density at radius 2 is 1.86 bits per heavy atom. The molecule has 1 fully saturated rings. The number of amides is 1. The quantitative estimate of drug-likeness (QED) is 0.880. The Kier molecular flexibility index (Phi) is 8.15. The SMILES string of the molecule is CC(C)(C)[C@H](N)C(=O)Nc1ccc(N2CCCC2)nc1.Cl.Cl. The van der Waals surface area contributed by atoms with Crippen molar-refractivity contribution in [3.05, 3.63) is 18.3 Å². The summed E-state index contributed by atoms with van der Waals surface area (Å²) in [5.41, 5.74) is 6.37. The lowest BCUT2D eigenvalue weighted by molar-refractivity contribution is -0.119. The van der Waals surface area contributed by atoms with Crippen LogP contribution in [0.15, 0.2) is 18.3 Å². The lowest BCUT2D eigenvalue weighted by atomic mass is 9.87. The van der Waals surface area contributed by atoms with Crippen molar-refractivity contribution in [1.82, 2.24) is 4.98 Å². The number of carbonyl (C=O) groups excluding carboxylic acids is 1. The van der Waals surface area contributed by atoms with Crippen LogP contribution in [0.4, 0.5) is 11.5 Å². The molecule has 126 valence electrons. The summed E-state index contributed by atoms with van der Waals surface area (Å²) in [6, 6.07) is 3.29. The normalized spacial score (nSPS) is 15.5. The van der Waals surface area contributed by atoms with Gasteiger partial charge in [-0.3, -0.25) is 4.79 Å². The molecule has 0 aromatic carbocycles. The molecule has 1 aromatic rings. The Balaban J connectivity index is 0.00000220. The van der Waals surface area contributed by atoms with Crippen molar-refractivity contribution in [2.45, 2.75) is 39.7 Å². The highest BCUT2D eigenvalue weighted by Gasteiger charge is 2.27. The molecule has 0 unspecified atom stereocenters. The van der Waals surface area contributed by atoms with Gasteiger partial charge in [-0.15, -0.1) is 24.8 Å². The molecule has 7 heteroatoms. The van der Waals surface area contributed by atoms with E-state index in [2.05, 4.69) is 15.2 Å². The van der Waals surface area contributed by atoms with Crippen LogP contribution in [0.3, 0.4) is 0 Å². The first kappa shape index (κ1) is 21.0. The summed E-state index contributed by atoms with van der Waals surface area (Å²) in [5, 5.41) is 2.82. The van der Waals surface area contributed by atoms with E-state index in [0.29, 0.717) is 5.69 Å². The first-order valence-corrected chi connectivity index (χ1v) is 7.15. The number of nitrogens with two attached hydrogens (primary N) is 1. The number of pyridine rings is 1. The minimum Gasteiger partial charge on any atom is -0.357 e. The molecule has 0 bridgehead atoms. The Labute approximate surface area is 144 Å². The van der Waals surface area contributed by atoms with Crippen LogP contribution in [-0.4, -0.2) is 30.0 Å². The number of rotatable bonds is 3. The largest absolute Gasteiger partial charge is 0.357 e. The molecule has 3 N–H and O–H groups in total. The van der Waals surface area contributed by atoms with Gasteiger partial charge in [0.25, 0.3) is 0 Å². The molecule has 0 aliphatic carbocycles. The van der Waals surface area contributed by atoms with E-state index in [1.807, 2.05) is 32.9 Å². The second kappa shape index (κ2) is 8.56. The molecule has 0 radical (unpaired) electrons. The summed E-state index contributed by atoms with van der Waals surface area (Å²) in [6.45, 7) is 7.98. The molecule has 5 nitrogen and oxygen atoms in total. The molecule has 0 saturated carbocycles. The number of halogens is 2. The van der Waals surface area contributed by atoms with Gasteiger partial charge in [0.1, 0.15) is 5.82 Å². The maximum atomic E-state index is 12.0. The molecule has 2 rings (SSSR count). The lowest BCUT2D eigenvalue weighted by Crippen LogP contribution is -2.45. The van der Waals surface area contributed by atoms with Crippen molar-refractivity contribution in [2.24, 2.45) is 11.1 Å². The Bertz CT molecular complexity index is 467. The molecule has 0 spiro atoms. The van der Waals surface area contributed by atoms with Crippen LogP contribution in [0.5, 0.6) is 0 Å². The van der Waals surface area contributed by atoms with Gasteiger partial charge in [-0.2, -0.15) is 0 Å². The van der Waals surface area contributed by atoms with Crippen molar-refractivity contribution in [2.75, 3.05) is 23.3 Å². The number of nitrogens with one attached hydrogen (secondary N) is 1. The van der Waals surface area contributed by atoms with Crippen LogP contribution in [0, 0.1) is 5.41 Å². The van der Waals surface area contributed by atoms with E-state index in [0.717, 1.165) is 18.9 Å². The highest BCUT2D eigenvalue weighted by Crippen LogP contribution is 2.21. The number of nitrogens with zero attached hydrogens (tertiary/aromatic N) is 2. The predicted molar refractivity (Wildman–Crippen MR) is 96.2 cm³/mol. The van der Waals surface area contributed by atoms with Gasteiger partial charge in [-0.05, 0) is 30.4 Å². The second-order valence-corrected chi connectivity index (χ2v) is 6.43. The topological polar surface area (TPSA) is 71.2 Å². The highest BCUT2D eigenvalue weighted by molar-refractivity contribution is 5.95. The van der Waals surface area contributed by atoms with E-state index in [4.69, 9.17) is 5.73 Å². The van der Waals surface area contributed by atoms with E-state index >= 15 is 0 Å². The summed E-state index contributed by atoms with van der Waals surface area (Å²) in [6.07, 6.45) is 4.14. The van der Waals surface area contributed by atoms with Crippen molar-refractivity contribution in [3.8, 4) is 0 Å². The van der Waals surface area contributed by atoms with E-state index in [-0.39, 0.29) is 36.1 Å². The van der Waals surface area contributed by atoms with Gasteiger partial charge < -0.3 is 16.0 Å². The van der Waals surface area contributed by atoms with Crippen molar-refractivity contribution in [3.63, 3.8) is 0 Å².